The highest BCUT2D eigenvalue weighted by atomic mass is 35.5. The first-order chi connectivity index (χ1) is 14.3. The highest BCUT2D eigenvalue weighted by molar-refractivity contribution is 7.20. The number of benzene rings is 1. The molecule has 1 aliphatic rings. The van der Waals surface area contributed by atoms with Crippen molar-refractivity contribution in [3.63, 3.8) is 0 Å². The van der Waals surface area contributed by atoms with Gasteiger partial charge in [-0.05, 0) is 36.8 Å². The lowest BCUT2D eigenvalue weighted by Crippen LogP contribution is -2.42. The molecule has 11 heteroatoms. The summed E-state index contributed by atoms with van der Waals surface area (Å²) in [5, 5.41) is 7.29. The van der Waals surface area contributed by atoms with Gasteiger partial charge in [-0.3, -0.25) is 14.5 Å². The molecule has 2 N–H and O–H groups in total. The molecule has 0 bridgehead atoms. The van der Waals surface area contributed by atoms with E-state index in [-0.39, 0.29) is 0 Å². The smallest absolute Gasteiger partial charge is 0.319 e. The van der Waals surface area contributed by atoms with E-state index in [1.54, 1.807) is 11.4 Å². The molecule has 0 saturated carbocycles. The van der Waals surface area contributed by atoms with Crippen molar-refractivity contribution < 1.29 is 18.8 Å². The van der Waals surface area contributed by atoms with Gasteiger partial charge in [-0.25, -0.2) is 14.2 Å². The SMILES string of the molecule is CC1(c2ccc(F)cc2)NC(=O)N(CC(=O)Nc2nc(-c3ccc(Cl)s3)cs2)C1=O. The molecule has 4 rings (SSSR count). The Morgan fingerprint density at radius 2 is 2.00 bits per heavy atom. The number of carbonyl (C=O) groups is 3. The van der Waals surface area contributed by atoms with Crippen LogP contribution in [0.4, 0.5) is 14.3 Å². The first-order valence-corrected chi connectivity index (χ1v) is 10.7. The Hall–Kier alpha value is -2.82. The third-order valence-electron chi connectivity index (χ3n) is 4.57. The Morgan fingerprint density at radius 1 is 1.27 bits per heavy atom. The van der Waals surface area contributed by atoms with Crippen molar-refractivity contribution in [2.45, 2.75) is 12.5 Å². The number of hydrogen-bond acceptors (Lipinski definition) is 6. The molecule has 0 aliphatic carbocycles. The first-order valence-electron chi connectivity index (χ1n) is 8.67. The average molecular weight is 465 g/mol. The van der Waals surface area contributed by atoms with Crippen molar-refractivity contribution in [3.05, 3.63) is 57.5 Å². The standard InChI is InChI=1S/C19H14ClFN4O3S2/c1-19(10-2-4-11(21)5-3-10)16(27)25(18(28)24-19)8-15(26)23-17-22-12(9-29-17)13-6-7-14(20)30-13/h2-7,9H,8H2,1H3,(H,24,28)(H,22,23,26). The molecule has 1 aromatic carbocycles. The summed E-state index contributed by atoms with van der Waals surface area (Å²) < 4.78 is 13.8. The number of nitrogens with zero attached hydrogens (tertiary/aromatic N) is 2. The molecule has 30 heavy (non-hydrogen) atoms. The monoisotopic (exact) mass is 464 g/mol. The van der Waals surface area contributed by atoms with Crippen LogP contribution in [0.3, 0.4) is 0 Å². The summed E-state index contributed by atoms with van der Waals surface area (Å²) in [6, 6.07) is 8.14. The Labute approximate surface area is 183 Å². The molecular weight excluding hydrogens is 451 g/mol. The summed E-state index contributed by atoms with van der Waals surface area (Å²) >= 11 is 8.52. The number of thiophene rings is 1. The van der Waals surface area contributed by atoms with Gasteiger partial charge in [0.1, 0.15) is 17.9 Å². The molecular formula is C19H14ClFN4O3S2. The number of hydrogen-bond donors (Lipinski definition) is 2. The fraction of sp³-hybridized carbons (Fsp3) is 0.158. The highest BCUT2D eigenvalue weighted by Gasteiger charge is 2.49. The number of carbonyl (C=O) groups excluding carboxylic acids is 3. The van der Waals surface area contributed by atoms with Gasteiger partial charge in [-0.2, -0.15) is 0 Å². The van der Waals surface area contributed by atoms with Crippen molar-refractivity contribution in [1.29, 1.82) is 0 Å². The summed E-state index contributed by atoms with van der Waals surface area (Å²) in [6.45, 7) is 1.04. The third kappa shape index (κ3) is 3.81. The van der Waals surface area contributed by atoms with E-state index in [0.29, 0.717) is 20.7 Å². The zero-order chi connectivity index (χ0) is 21.5. The van der Waals surface area contributed by atoms with Gasteiger partial charge in [0.15, 0.2) is 5.13 Å². The van der Waals surface area contributed by atoms with E-state index >= 15 is 0 Å². The molecule has 154 valence electrons. The molecule has 3 aromatic rings. The zero-order valence-corrected chi connectivity index (χ0v) is 17.8. The topological polar surface area (TPSA) is 91.4 Å². The van der Waals surface area contributed by atoms with E-state index in [4.69, 9.17) is 11.6 Å². The number of urea groups is 1. The second-order valence-corrected chi connectivity index (χ2v) is 9.22. The van der Waals surface area contributed by atoms with E-state index in [9.17, 15) is 18.8 Å². The largest absolute Gasteiger partial charge is 0.325 e. The van der Waals surface area contributed by atoms with E-state index in [2.05, 4.69) is 15.6 Å². The second-order valence-electron chi connectivity index (χ2n) is 6.64. The Balaban J connectivity index is 1.44. The van der Waals surface area contributed by atoms with E-state index in [0.717, 1.165) is 9.78 Å². The predicted molar refractivity (Wildman–Crippen MR) is 113 cm³/mol. The molecule has 3 heterocycles. The van der Waals surface area contributed by atoms with Crippen molar-refractivity contribution in [2.24, 2.45) is 0 Å². The van der Waals surface area contributed by atoms with Gasteiger partial charge in [-0.15, -0.1) is 22.7 Å². The molecule has 7 nitrogen and oxygen atoms in total. The van der Waals surface area contributed by atoms with Crippen LogP contribution in [0, 0.1) is 5.82 Å². The van der Waals surface area contributed by atoms with Gasteiger partial charge in [0.05, 0.1) is 14.9 Å². The van der Waals surface area contributed by atoms with Crippen LogP contribution in [0.2, 0.25) is 4.34 Å². The van der Waals surface area contributed by atoms with Gasteiger partial charge < -0.3 is 10.6 Å². The lowest BCUT2D eigenvalue weighted by atomic mass is 9.92. The molecule has 0 spiro atoms. The Bertz CT molecular complexity index is 1150. The number of imide groups is 1. The van der Waals surface area contributed by atoms with Crippen molar-refractivity contribution in [1.82, 2.24) is 15.2 Å². The Kier molecular flexibility index (Phi) is 5.31. The summed E-state index contributed by atoms with van der Waals surface area (Å²) in [6.07, 6.45) is 0. The number of amides is 4. The van der Waals surface area contributed by atoms with Gasteiger partial charge in [0, 0.05) is 5.38 Å². The molecule has 2 aromatic heterocycles. The molecule has 1 saturated heterocycles. The van der Waals surface area contributed by atoms with Crippen LogP contribution in [-0.4, -0.2) is 34.3 Å². The molecule has 1 aliphatic heterocycles. The van der Waals surface area contributed by atoms with Crippen LogP contribution in [0.25, 0.3) is 10.6 Å². The maximum Gasteiger partial charge on any atom is 0.325 e. The lowest BCUT2D eigenvalue weighted by Gasteiger charge is -2.22. The van der Waals surface area contributed by atoms with Crippen LogP contribution in [0.15, 0.2) is 41.8 Å². The quantitative estimate of drug-likeness (QED) is 0.557. The minimum atomic E-state index is -1.38. The fourth-order valence-electron chi connectivity index (χ4n) is 3.02. The van der Waals surface area contributed by atoms with Gasteiger partial charge in [0.25, 0.3) is 5.91 Å². The summed E-state index contributed by atoms with van der Waals surface area (Å²) in [5.41, 5.74) is -0.284. The van der Waals surface area contributed by atoms with Crippen LogP contribution >= 0.6 is 34.3 Å². The molecule has 1 atom stereocenters. The van der Waals surface area contributed by atoms with Crippen molar-refractivity contribution in [3.8, 4) is 10.6 Å². The van der Waals surface area contributed by atoms with Crippen LogP contribution in [0.1, 0.15) is 12.5 Å². The molecule has 1 unspecified atom stereocenters. The van der Waals surface area contributed by atoms with Crippen LogP contribution in [0.5, 0.6) is 0 Å². The summed E-state index contributed by atoms with van der Waals surface area (Å²) in [7, 11) is 0. The van der Waals surface area contributed by atoms with Gasteiger partial charge >= 0.3 is 6.03 Å². The van der Waals surface area contributed by atoms with Gasteiger partial charge in [0.2, 0.25) is 5.91 Å². The molecule has 1 fully saturated rings. The number of halogens is 2. The summed E-state index contributed by atoms with van der Waals surface area (Å²) in [4.78, 5) is 43.6. The van der Waals surface area contributed by atoms with Crippen molar-refractivity contribution >= 4 is 57.3 Å². The van der Waals surface area contributed by atoms with Crippen LogP contribution < -0.4 is 10.6 Å². The number of nitrogens with one attached hydrogen (secondary N) is 2. The first kappa shape index (κ1) is 20.5. The zero-order valence-electron chi connectivity index (χ0n) is 15.4. The number of anilines is 1. The number of thiazole rings is 1. The highest BCUT2D eigenvalue weighted by Crippen LogP contribution is 2.33. The van der Waals surface area contributed by atoms with E-state index < -0.39 is 35.7 Å². The van der Waals surface area contributed by atoms with Crippen LogP contribution in [-0.2, 0) is 15.1 Å². The second kappa shape index (κ2) is 7.78. The molecule has 4 amide bonds. The third-order valence-corrected chi connectivity index (χ3v) is 6.59. The maximum absolute atomic E-state index is 13.2. The minimum absolute atomic E-state index is 0.341. The van der Waals surface area contributed by atoms with Gasteiger partial charge in [-0.1, -0.05) is 23.7 Å². The fourth-order valence-corrected chi connectivity index (χ4v) is 4.82. The summed E-state index contributed by atoms with van der Waals surface area (Å²) in [5.74, 6) is -1.61. The predicted octanol–water partition coefficient (Wildman–Crippen LogP) is 4.07. The molecule has 0 radical (unpaired) electrons. The number of aromatic nitrogens is 1. The maximum atomic E-state index is 13.2. The van der Waals surface area contributed by atoms with Crippen molar-refractivity contribution in [2.75, 3.05) is 11.9 Å². The number of rotatable bonds is 5. The van der Waals surface area contributed by atoms with E-state index in [1.165, 1.54) is 53.9 Å². The van der Waals surface area contributed by atoms with E-state index in [1.807, 2.05) is 6.07 Å². The minimum Gasteiger partial charge on any atom is -0.319 e. The average Bonchev–Trinajstić information content (AvgIpc) is 3.38. The lowest BCUT2D eigenvalue weighted by molar-refractivity contribution is -0.133. The Morgan fingerprint density at radius 3 is 2.67 bits per heavy atom. The normalized spacial score (nSPS) is 18.6.